The first kappa shape index (κ1) is 19.0. The molecule has 0 aromatic heterocycles. The number of carbonyl (C=O) groups excluding carboxylic acids is 1. The Hall–Kier alpha value is -0.370. The van der Waals surface area contributed by atoms with Gasteiger partial charge in [0.25, 0.3) is 0 Å². The molecule has 0 bridgehead atoms. The molecule has 8 atom stereocenters. The van der Waals surface area contributed by atoms with Crippen LogP contribution in [0.5, 0.6) is 0 Å². The van der Waals surface area contributed by atoms with E-state index in [-0.39, 0.29) is 5.41 Å². The summed E-state index contributed by atoms with van der Waals surface area (Å²) in [5.41, 5.74) is 0.732. The minimum Gasteiger partial charge on any atom is -0.381 e. The maximum Gasteiger partial charge on any atom is 0.133 e. The van der Waals surface area contributed by atoms with Crippen molar-refractivity contribution in [3.05, 3.63) is 0 Å². The summed E-state index contributed by atoms with van der Waals surface area (Å²) in [5, 5.41) is 0. The van der Waals surface area contributed by atoms with Gasteiger partial charge in [0.2, 0.25) is 0 Å². The number of hydrogen-bond acceptors (Lipinski definition) is 2. The number of rotatable bonds is 4. The maximum atomic E-state index is 12.3. The Balaban J connectivity index is 1.63. The summed E-state index contributed by atoms with van der Waals surface area (Å²) in [6.45, 7) is 10.8. The zero-order chi connectivity index (χ0) is 18.5. The highest BCUT2D eigenvalue weighted by Gasteiger charge is 2.61. The van der Waals surface area contributed by atoms with Crippen molar-refractivity contribution in [3.63, 3.8) is 0 Å². The second-order valence-corrected chi connectivity index (χ2v) is 10.7. The second kappa shape index (κ2) is 6.90. The van der Waals surface area contributed by atoms with Gasteiger partial charge >= 0.3 is 0 Å². The van der Waals surface area contributed by atoms with Gasteiger partial charge in [-0.2, -0.15) is 0 Å². The van der Waals surface area contributed by atoms with Gasteiger partial charge in [-0.1, -0.05) is 20.3 Å². The van der Waals surface area contributed by atoms with Crippen molar-refractivity contribution in [2.75, 3.05) is 13.2 Å². The molecular weight excluding hydrogens is 320 g/mol. The van der Waals surface area contributed by atoms with Crippen molar-refractivity contribution in [2.24, 2.45) is 46.3 Å². The minimum atomic E-state index is 0.286. The van der Waals surface area contributed by atoms with Gasteiger partial charge in [0.15, 0.2) is 0 Å². The van der Waals surface area contributed by atoms with E-state index in [0.29, 0.717) is 17.1 Å². The number of ether oxygens (including phenoxy) is 1. The van der Waals surface area contributed by atoms with E-state index in [1.165, 1.54) is 51.4 Å². The first-order valence-electron chi connectivity index (χ1n) is 11.5. The molecule has 26 heavy (non-hydrogen) atoms. The summed E-state index contributed by atoms with van der Waals surface area (Å²) in [7, 11) is 0. The molecule has 4 saturated carbocycles. The van der Waals surface area contributed by atoms with Gasteiger partial charge in [-0.15, -0.1) is 0 Å². The minimum absolute atomic E-state index is 0.286. The molecule has 2 nitrogen and oxygen atoms in total. The number of carbonyl (C=O) groups is 1. The summed E-state index contributed by atoms with van der Waals surface area (Å²) in [4.78, 5) is 12.3. The van der Waals surface area contributed by atoms with Gasteiger partial charge in [0.05, 0.1) is 6.61 Å². The Morgan fingerprint density at radius 1 is 1.04 bits per heavy atom. The summed E-state index contributed by atoms with van der Waals surface area (Å²) in [5.74, 6) is 5.06. The van der Waals surface area contributed by atoms with Gasteiger partial charge in [0.1, 0.15) is 5.78 Å². The van der Waals surface area contributed by atoms with E-state index < -0.39 is 0 Å². The Bertz CT molecular complexity index is 538. The lowest BCUT2D eigenvalue weighted by molar-refractivity contribution is -0.157. The summed E-state index contributed by atoms with van der Waals surface area (Å²) >= 11 is 0. The van der Waals surface area contributed by atoms with Gasteiger partial charge in [0, 0.05) is 12.5 Å². The zero-order valence-corrected chi connectivity index (χ0v) is 17.6. The van der Waals surface area contributed by atoms with Gasteiger partial charge < -0.3 is 4.74 Å². The van der Waals surface area contributed by atoms with E-state index in [9.17, 15) is 4.79 Å². The monoisotopic (exact) mass is 360 g/mol. The highest BCUT2D eigenvalue weighted by Crippen LogP contribution is 2.67. The molecule has 0 heterocycles. The largest absolute Gasteiger partial charge is 0.381 e. The van der Waals surface area contributed by atoms with E-state index in [2.05, 4.69) is 20.8 Å². The standard InChI is InChI=1S/C24H40O2/c1-5-26-15-24-13-10-16(2)14-18(24)6-7-19-21-9-8-20(17(3)25)23(21,4)12-11-22(19)24/h16,18-22H,5-15H2,1-4H3. The van der Waals surface area contributed by atoms with Gasteiger partial charge in [-0.05, 0) is 106 Å². The van der Waals surface area contributed by atoms with Crippen LogP contribution >= 0.6 is 0 Å². The Kier molecular flexibility index (Phi) is 5.04. The lowest BCUT2D eigenvalue weighted by Crippen LogP contribution is -2.56. The van der Waals surface area contributed by atoms with Crippen molar-refractivity contribution in [1.82, 2.24) is 0 Å². The second-order valence-electron chi connectivity index (χ2n) is 10.7. The van der Waals surface area contributed by atoms with Crippen molar-refractivity contribution in [1.29, 1.82) is 0 Å². The topological polar surface area (TPSA) is 26.3 Å². The molecular formula is C24H40O2. The zero-order valence-electron chi connectivity index (χ0n) is 17.6. The van der Waals surface area contributed by atoms with Crippen LogP contribution in [0.4, 0.5) is 0 Å². The van der Waals surface area contributed by atoms with E-state index in [0.717, 1.165) is 49.2 Å². The molecule has 0 saturated heterocycles. The van der Waals surface area contributed by atoms with Crippen molar-refractivity contribution < 1.29 is 9.53 Å². The Morgan fingerprint density at radius 3 is 2.58 bits per heavy atom. The van der Waals surface area contributed by atoms with E-state index in [1.54, 1.807) is 0 Å². The predicted octanol–water partition coefficient (Wildman–Crippen LogP) is 5.89. The summed E-state index contributed by atoms with van der Waals surface area (Å²) < 4.78 is 6.16. The molecule has 4 aliphatic rings. The molecule has 0 aromatic rings. The highest BCUT2D eigenvalue weighted by molar-refractivity contribution is 5.79. The van der Waals surface area contributed by atoms with Gasteiger partial charge in [-0.25, -0.2) is 0 Å². The third kappa shape index (κ3) is 2.73. The van der Waals surface area contributed by atoms with Crippen LogP contribution in [0.2, 0.25) is 0 Å². The summed E-state index contributed by atoms with van der Waals surface area (Å²) in [6.07, 6.45) is 12.1. The Morgan fingerprint density at radius 2 is 1.85 bits per heavy atom. The molecule has 0 aliphatic heterocycles. The van der Waals surface area contributed by atoms with E-state index >= 15 is 0 Å². The first-order chi connectivity index (χ1) is 12.4. The van der Waals surface area contributed by atoms with Crippen LogP contribution in [0.3, 0.4) is 0 Å². The number of hydrogen-bond donors (Lipinski definition) is 0. The fraction of sp³-hybridized carbons (Fsp3) is 0.958. The third-order valence-corrected chi connectivity index (χ3v) is 9.69. The fourth-order valence-corrected chi connectivity index (χ4v) is 8.51. The molecule has 0 radical (unpaired) electrons. The quantitative estimate of drug-likeness (QED) is 0.625. The molecule has 0 aromatic carbocycles. The van der Waals surface area contributed by atoms with Crippen LogP contribution in [0, 0.1) is 46.3 Å². The molecule has 4 rings (SSSR count). The van der Waals surface area contributed by atoms with Crippen LogP contribution in [-0.2, 0) is 9.53 Å². The average Bonchev–Trinajstić information content (AvgIpc) is 2.97. The molecule has 2 heteroatoms. The molecule has 0 amide bonds. The van der Waals surface area contributed by atoms with Crippen LogP contribution in [-0.4, -0.2) is 19.0 Å². The van der Waals surface area contributed by atoms with Crippen LogP contribution in [0.25, 0.3) is 0 Å². The molecule has 148 valence electrons. The molecule has 4 fully saturated rings. The average molecular weight is 361 g/mol. The predicted molar refractivity (Wildman–Crippen MR) is 106 cm³/mol. The fourth-order valence-electron chi connectivity index (χ4n) is 8.51. The maximum absolute atomic E-state index is 12.3. The third-order valence-electron chi connectivity index (χ3n) is 9.69. The van der Waals surface area contributed by atoms with Crippen LogP contribution < -0.4 is 0 Å². The Labute approximate surface area is 160 Å². The molecule has 4 aliphatic carbocycles. The van der Waals surface area contributed by atoms with Crippen molar-refractivity contribution in [3.8, 4) is 0 Å². The highest BCUT2D eigenvalue weighted by atomic mass is 16.5. The lowest BCUT2D eigenvalue weighted by Gasteiger charge is -2.62. The SMILES string of the molecule is CCOCC12CCC(C)CC1CCC1C3CCC(C(C)=O)C3(C)CCC12. The number of fused-ring (bicyclic) bond motifs is 5. The van der Waals surface area contributed by atoms with Gasteiger partial charge in [-0.3, -0.25) is 4.79 Å². The van der Waals surface area contributed by atoms with Crippen LogP contribution in [0.15, 0.2) is 0 Å². The van der Waals surface area contributed by atoms with Crippen LogP contribution in [0.1, 0.15) is 85.5 Å². The summed E-state index contributed by atoms with van der Waals surface area (Å²) in [6, 6.07) is 0. The van der Waals surface area contributed by atoms with Crippen molar-refractivity contribution in [2.45, 2.75) is 85.5 Å². The smallest absolute Gasteiger partial charge is 0.133 e. The molecule has 0 spiro atoms. The normalized spacial score (nSPS) is 50.6. The van der Waals surface area contributed by atoms with E-state index in [4.69, 9.17) is 4.74 Å². The van der Waals surface area contributed by atoms with Crippen molar-refractivity contribution >= 4 is 5.78 Å². The first-order valence-corrected chi connectivity index (χ1v) is 11.5. The molecule has 0 N–H and O–H groups in total. The lowest BCUT2D eigenvalue weighted by atomic mass is 9.44. The number of ketones is 1. The molecule has 8 unspecified atom stereocenters. The number of Topliss-reactive ketones (excluding diaryl/α,β-unsaturated/α-hetero) is 1. The van der Waals surface area contributed by atoms with E-state index in [1.807, 2.05) is 6.92 Å².